The van der Waals surface area contributed by atoms with E-state index >= 15 is 0 Å². The average Bonchev–Trinajstić information content (AvgIpc) is 3.75. The molecular weight excluding hydrogens is 595 g/mol. The number of hydrogen-bond donors (Lipinski definition) is 0. The van der Waals surface area contributed by atoms with Crippen molar-refractivity contribution in [3.8, 4) is 5.69 Å². The number of aromatic nitrogens is 2. The lowest BCUT2D eigenvalue weighted by Crippen LogP contribution is -2.39. The lowest BCUT2D eigenvalue weighted by Gasteiger charge is -2.24. The van der Waals surface area contributed by atoms with Crippen LogP contribution < -0.4 is 14.9 Å². The van der Waals surface area contributed by atoms with Crippen molar-refractivity contribution in [2.45, 2.75) is 26.8 Å². The molecule has 1 atom stereocenters. The van der Waals surface area contributed by atoms with E-state index in [9.17, 15) is 14.4 Å². The first-order chi connectivity index (χ1) is 21.3. The second-order valence-corrected chi connectivity index (χ2v) is 12.1. The molecule has 4 heterocycles. The van der Waals surface area contributed by atoms with Gasteiger partial charge in [-0.3, -0.25) is 9.36 Å². The monoisotopic (exact) mass is 623 g/mol. The number of carbonyl (C=O) groups is 2. The maximum Gasteiger partial charge on any atom is 0.338 e. The number of fused-ring (bicyclic) bond motifs is 1. The van der Waals surface area contributed by atoms with E-state index in [1.807, 2.05) is 86.0 Å². The number of benzene rings is 2. The van der Waals surface area contributed by atoms with Crippen molar-refractivity contribution < 1.29 is 19.1 Å². The number of hydrogen-bond acceptors (Lipinski definition) is 8. The van der Waals surface area contributed by atoms with Crippen molar-refractivity contribution in [2.75, 3.05) is 13.7 Å². The van der Waals surface area contributed by atoms with Crippen molar-refractivity contribution in [3.05, 3.63) is 136 Å². The molecule has 0 bridgehead atoms. The first-order valence-corrected chi connectivity index (χ1v) is 15.7. The molecule has 10 heteroatoms. The van der Waals surface area contributed by atoms with Crippen LogP contribution in [0.2, 0.25) is 0 Å². The largest absolute Gasteiger partial charge is 0.465 e. The summed E-state index contributed by atoms with van der Waals surface area (Å²) >= 11 is 2.78. The van der Waals surface area contributed by atoms with Crippen LogP contribution in [0.15, 0.2) is 93.5 Å². The van der Waals surface area contributed by atoms with Crippen molar-refractivity contribution in [2.24, 2.45) is 4.99 Å². The molecule has 8 nitrogen and oxygen atoms in total. The van der Waals surface area contributed by atoms with E-state index in [-0.39, 0.29) is 12.2 Å². The van der Waals surface area contributed by atoms with E-state index in [1.54, 1.807) is 23.6 Å². The second-order valence-electron chi connectivity index (χ2n) is 10.1. The van der Waals surface area contributed by atoms with Gasteiger partial charge in [0.15, 0.2) is 4.80 Å². The highest BCUT2D eigenvalue weighted by Gasteiger charge is 2.35. The topological polar surface area (TPSA) is 91.9 Å². The van der Waals surface area contributed by atoms with Gasteiger partial charge in [-0.05, 0) is 74.2 Å². The van der Waals surface area contributed by atoms with Crippen molar-refractivity contribution >= 4 is 46.4 Å². The lowest BCUT2D eigenvalue weighted by atomic mass is 9.97. The Morgan fingerprint density at radius 1 is 1.00 bits per heavy atom. The van der Waals surface area contributed by atoms with Crippen LogP contribution in [0, 0.1) is 13.8 Å². The Balaban J connectivity index is 1.52. The van der Waals surface area contributed by atoms with Gasteiger partial charge in [-0.1, -0.05) is 47.7 Å². The Morgan fingerprint density at radius 3 is 2.41 bits per heavy atom. The predicted octanol–water partition coefficient (Wildman–Crippen LogP) is 5.19. The summed E-state index contributed by atoms with van der Waals surface area (Å²) in [5.41, 5.74) is 5.54. The first-order valence-electron chi connectivity index (χ1n) is 14.0. The molecule has 0 amide bonds. The van der Waals surface area contributed by atoms with Crippen LogP contribution in [0.4, 0.5) is 0 Å². The predicted molar refractivity (Wildman–Crippen MR) is 172 cm³/mol. The second kappa shape index (κ2) is 12.1. The standard InChI is InChI=1S/C34H29N3O5S2/c1-5-42-33(40)28-29(22-10-7-6-8-11-22)35-34-37(30(28)26-12-9-17-43-26)31(38)27(44-34)19-24-18-20(2)36(21(24)3)25-15-13-23(14-16-25)32(39)41-4/h6-19,30H,5H2,1-4H3/b27-19-/t30-/m1/s1. The molecule has 5 aromatic rings. The fourth-order valence-electron chi connectivity index (χ4n) is 5.49. The van der Waals surface area contributed by atoms with Gasteiger partial charge in [0.25, 0.3) is 5.56 Å². The van der Waals surface area contributed by atoms with Crippen LogP contribution in [0.3, 0.4) is 0 Å². The van der Waals surface area contributed by atoms with Gasteiger partial charge < -0.3 is 14.0 Å². The molecule has 0 N–H and O–H groups in total. The number of esters is 2. The number of nitrogens with zero attached hydrogens (tertiary/aromatic N) is 3. The maximum absolute atomic E-state index is 14.2. The van der Waals surface area contributed by atoms with E-state index in [0.717, 1.165) is 33.1 Å². The molecule has 0 radical (unpaired) electrons. The summed E-state index contributed by atoms with van der Waals surface area (Å²) < 4.78 is 14.5. The van der Waals surface area contributed by atoms with E-state index < -0.39 is 18.0 Å². The molecule has 222 valence electrons. The van der Waals surface area contributed by atoms with Crippen LogP contribution in [0.5, 0.6) is 0 Å². The molecule has 0 saturated heterocycles. The minimum Gasteiger partial charge on any atom is -0.465 e. The number of rotatable bonds is 7. The summed E-state index contributed by atoms with van der Waals surface area (Å²) in [6.07, 6.45) is 1.88. The van der Waals surface area contributed by atoms with Crippen molar-refractivity contribution in [3.63, 3.8) is 0 Å². The fraction of sp³-hybridized carbons (Fsp3) is 0.176. The van der Waals surface area contributed by atoms with Gasteiger partial charge >= 0.3 is 11.9 Å². The van der Waals surface area contributed by atoms with Gasteiger partial charge in [0, 0.05) is 27.5 Å². The molecule has 6 rings (SSSR count). The highest BCUT2D eigenvalue weighted by atomic mass is 32.1. The van der Waals surface area contributed by atoms with E-state index in [2.05, 4.69) is 4.57 Å². The number of carbonyl (C=O) groups excluding carboxylic acids is 2. The molecule has 2 aromatic carbocycles. The molecule has 1 aliphatic rings. The Hall–Kier alpha value is -4.80. The third-order valence-electron chi connectivity index (χ3n) is 7.49. The van der Waals surface area contributed by atoms with Gasteiger partial charge in [-0.15, -0.1) is 11.3 Å². The summed E-state index contributed by atoms with van der Waals surface area (Å²) in [6, 6.07) is 21.9. The molecule has 0 unspecified atom stereocenters. The summed E-state index contributed by atoms with van der Waals surface area (Å²) in [5.74, 6) is -0.888. The van der Waals surface area contributed by atoms with Gasteiger partial charge in [-0.2, -0.15) is 0 Å². The third kappa shape index (κ3) is 5.16. The fourth-order valence-corrected chi connectivity index (χ4v) is 7.31. The van der Waals surface area contributed by atoms with E-state index in [1.165, 1.54) is 29.8 Å². The molecule has 0 spiro atoms. The zero-order chi connectivity index (χ0) is 31.0. The van der Waals surface area contributed by atoms with Crippen LogP contribution in [0.1, 0.15) is 50.7 Å². The number of thiazole rings is 1. The maximum atomic E-state index is 14.2. The number of ether oxygens (including phenoxy) is 2. The number of aryl methyl sites for hydroxylation is 1. The van der Waals surface area contributed by atoms with Gasteiger partial charge in [0.2, 0.25) is 0 Å². The zero-order valence-corrected chi connectivity index (χ0v) is 26.2. The third-order valence-corrected chi connectivity index (χ3v) is 9.40. The quantitative estimate of drug-likeness (QED) is 0.233. The van der Waals surface area contributed by atoms with Gasteiger partial charge in [0.05, 0.1) is 35.1 Å². The Bertz CT molecular complexity index is 2080. The lowest BCUT2D eigenvalue weighted by molar-refractivity contribution is -0.138. The van der Waals surface area contributed by atoms with Gasteiger partial charge in [-0.25, -0.2) is 14.6 Å². The minimum absolute atomic E-state index is 0.201. The summed E-state index contributed by atoms with van der Waals surface area (Å²) in [4.78, 5) is 45.8. The molecule has 0 aliphatic carbocycles. The SMILES string of the molecule is CCOC(=O)C1=C(c2ccccc2)N=c2s/c(=C\c3cc(C)n(-c4ccc(C(=O)OC)cc4)c3C)c(=O)n2[C@@H]1c1cccs1. The summed E-state index contributed by atoms with van der Waals surface area (Å²) in [6.45, 7) is 5.95. The first kappa shape index (κ1) is 29.3. The van der Waals surface area contributed by atoms with E-state index in [4.69, 9.17) is 14.5 Å². The van der Waals surface area contributed by atoms with Crippen LogP contribution in [-0.2, 0) is 14.3 Å². The molecular formula is C34H29N3O5S2. The zero-order valence-electron chi connectivity index (χ0n) is 24.6. The van der Waals surface area contributed by atoms with Crippen LogP contribution in [0.25, 0.3) is 17.5 Å². The van der Waals surface area contributed by atoms with Crippen LogP contribution in [-0.4, -0.2) is 34.8 Å². The molecule has 0 fully saturated rings. The summed E-state index contributed by atoms with van der Waals surface area (Å²) in [7, 11) is 1.36. The summed E-state index contributed by atoms with van der Waals surface area (Å²) in [5, 5.41) is 1.93. The van der Waals surface area contributed by atoms with Crippen molar-refractivity contribution in [1.82, 2.24) is 9.13 Å². The number of thiophene rings is 1. The Labute approximate surface area is 261 Å². The Kier molecular flexibility index (Phi) is 8.03. The van der Waals surface area contributed by atoms with Crippen LogP contribution >= 0.6 is 22.7 Å². The highest BCUT2D eigenvalue weighted by Crippen LogP contribution is 2.36. The highest BCUT2D eigenvalue weighted by molar-refractivity contribution is 7.10. The molecule has 1 aliphatic heterocycles. The smallest absolute Gasteiger partial charge is 0.338 e. The average molecular weight is 624 g/mol. The number of methoxy groups -OCH3 is 1. The van der Waals surface area contributed by atoms with Gasteiger partial charge in [0.1, 0.15) is 6.04 Å². The Morgan fingerprint density at radius 2 is 1.75 bits per heavy atom. The molecule has 3 aromatic heterocycles. The molecule has 0 saturated carbocycles. The molecule has 44 heavy (non-hydrogen) atoms. The minimum atomic E-state index is -0.677. The van der Waals surface area contributed by atoms with Crippen molar-refractivity contribution in [1.29, 1.82) is 0 Å². The van der Waals surface area contributed by atoms with E-state index in [0.29, 0.717) is 26.2 Å². The normalized spacial score (nSPS) is 14.7.